The van der Waals surface area contributed by atoms with Crippen LogP contribution in [0.25, 0.3) is 0 Å². The largest absolute Gasteiger partial charge is 0.496 e. The van der Waals surface area contributed by atoms with E-state index < -0.39 is 0 Å². The molecular formula is C16H15ClN2O2. The number of halogens is 1. The Bertz CT molecular complexity index is 715. The number of rotatable bonds is 3. The third kappa shape index (κ3) is 2.60. The fourth-order valence-electron chi connectivity index (χ4n) is 2.56. The first kappa shape index (κ1) is 13.9. The SMILES string of the molecule is COc1cc(Cl)ccc1C(N)c1ccc2c(c1)CC(=O)N2. The third-order valence-electron chi connectivity index (χ3n) is 3.64. The number of nitrogens with two attached hydrogens (primary N) is 1. The minimum absolute atomic E-state index is 0.0137. The van der Waals surface area contributed by atoms with E-state index >= 15 is 0 Å². The molecule has 2 aromatic rings. The molecule has 0 fully saturated rings. The number of hydrogen-bond donors (Lipinski definition) is 2. The molecule has 0 saturated carbocycles. The molecule has 5 heteroatoms. The van der Waals surface area contributed by atoms with Crippen LogP contribution in [-0.2, 0) is 11.2 Å². The van der Waals surface area contributed by atoms with Gasteiger partial charge in [0.05, 0.1) is 19.6 Å². The van der Waals surface area contributed by atoms with Crippen molar-refractivity contribution in [2.24, 2.45) is 5.73 Å². The summed E-state index contributed by atoms with van der Waals surface area (Å²) in [5.41, 5.74) is 9.97. The molecule has 1 heterocycles. The first-order valence-electron chi connectivity index (χ1n) is 6.60. The average molecular weight is 303 g/mol. The van der Waals surface area contributed by atoms with Crippen molar-refractivity contribution >= 4 is 23.2 Å². The van der Waals surface area contributed by atoms with E-state index in [4.69, 9.17) is 22.1 Å². The zero-order valence-corrected chi connectivity index (χ0v) is 12.3. The number of nitrogens with one attached hydrogen (secondary N) is 1. The Labute approximate surface area is 127 Å². The molecule has 0 aromatic heterocycles. The summed E-state index contributed by atoms with van der Waals surface area (Å²) >= 11 is 5.97. The van der Waals surface area contributed by atoms with E-state index in [2.05, 4.69) is 5.32 Å². The van der Waals surface area contributed by atoms with Gasteiger partial charge >= 0.3 is 0 Å². The van der Waals surface area contributed by atoms with Gasteiger partial charge in [0, 0.05) is 16.3 Å². The van der Waals surface area contributed by atoms with Gasteiger partial charge in [-0.25, -0.2) is 0 Å². The highest BCUT2D eigenvalue weighted by molar-refractivity contribution is 6.30. The number of benzene rings is 2. The summed E-state index contributed by atoms with van der Waals surface area (Å²) in [6.45, 7) is 0. The fraction of sp³-hybridized carbons (Fsp3) is 0.188. The molecule has 2 aromatic carbocycles. The molecule has 0 saturated heterocycles. The Hall–Kier alpha value is -2.04. The van der Waals surface area contributed by atoms with Crippen molar-refractivity contribution in [3.63, 3.8) is 0 Å². The quantitative estimate of drug-likeness (QED) is 0.916. The van der Waals surface area contributed by atoms with Crippen LogP contribution in [0.1, 0.15) is 22.7 Å². The van der Waals surface area contributed by atoms with E-state index in [-0.39, 0.29) is 11.9 Å². The van der Waals surface area contributed by atoms with Crippen LogP contribution >= 0.6 is 11.6 Å². The van der Waals surface area contributed by atoms with Gasteiger partial charge in [-0.05, 0) is 29.3 Å². The van der Waals surface area contributed by atoms with Crippen molar-refractivity contribution in [3.05, 3.63) is 58.1 Å². The number of carbonyl (C=O) groups is 1. The minimum atomic E-state index is -0.335. The maximum Gasteiger partial charge on any atom is 0.228 e. The predicted molar refractivity (Wildman–Crippen MR) is 82.8 cm³/mol. The average Bonchev–Trinajstić information content (AvgIpc) is 2.85. The van der Waals surface area contributed by atoms with Gasteiger partial charge in [-0.1, -0.05) is 29.8 Å². The van der Waals surface area contributed by atoms with E-state index in [1.54, 1.807) is 19.2 Å². The summed E-state index contributed by atoms with van der Waals surface area (Å²) in [5, 5.41) is 3.41. The summed E-state index contributed by atoms with van der Waals surface area (Å²) in [6.07, 6.45) is 0.396. The molecule has 0 radical (unpaired) electrons. The standard InChI is InChI=1S/C16H15ClN2O2/c1-21-14-8-11(17)3-4-12(14)16(18)9-2-5-13-10(6-9)7-15(20)19-13/h2-6,8,16H,7,18H2,1H3,(H,19,20). The topological polar surface area (TPSA) is 64.3 Å². The Morgan fingerprint density at radius 2 is 2.10 bits per heavy atom. The number of hydrogen-bond acceptors (Lipinski definition) is 3. The molecule has 0 bridgehead atoms. The van der Waals surface area contributed by atoms with E-state index in [0.29, 0.717) is 17.2 Å². The summed E-state index contributed by atoms with van der Waals surface area (Å²) in [6, 6.07) is 10.8. The predicted octanol–water partition coefficient (Wildman–Crippen LogP) is 2.89. The first-order valence-corrected chi connectivity index (χ1v) is 6.98. The molecule has 3 N–H and O–H groups in total. The second-order valence-electron chi connectivity index (χ2n) is 5.01. The smallest absolute Gasteiger partial charge is 0.228 e. The second kappa shape index (κ2) is 5.39. The van der Waals surface area contributed by atoms with Gasteiger partial charge in [0.1, 0.15) is 5.75 Å². The number of carbonyl (C=O) groups excluding carboxylic acids is 1. The third-order valence-corrected chi connectivity index (χ3v) is 3.88. The molecule has 0 aliphatic carbocycles. The minimum Gasteiger partial charge on any atom is -0.496 e. The normalized spacial score (nSPS) is 14.5. The Balaban J connectivity index is 1.98. The van der Waals surface area contributed by atoms with E-state index in [9.17, 15) is 4.79 Å². The molecule has 0 spiro atoms. The summed E-state index contributed by atoms with van der Waals surface area (Å²) < 4.78 is 5.35. The van der Waals surface area contributed by atoms with Crippen LogP contribution in [0.15, 0.2) is 36.4 Å². The van der Waals surface area contributed by atoms with Crippen LogP contribution in [0.3, 0.4) is 0 Å². The van der Waals surface area contributed by atoms with Gasteiger partial charge in [-0.2, -0.15) is 0 Å². The molecule has 1 unspecified atom stereocenters. The highest BCUT2D eigenvalue weighted by Crippen LogP contribution is 2.33. The molecule has 1 aliphatic rings. The highest BCUT2D eigenvalue weighted by Gasteiger charge is 2.20. The van der Waals surface area contributed by atoms with Crippen molar-refractivity contribution in [1.82, 2.24) is 0 Å². The van der Waals surface area contributed by atoms with Crippen molar-refractivity contribution in [1.29, 1.82) is 0 Å². The van der Waals surface area contributed by atoms with Gasteiger partial charge in [-0.15, -0.1) is 0 Å². The maximum atomic E-state index is 11.4. The fourth-order valence-corrected chi connectivity index (χ4v) is 2.73. The zero-order valence-electron chi connectivity index (χ0n) is 11.5. The van der Waals surface area contributed by atoms with Crippen LogP contribution in [0, 0.1) is 0 Å². The lowest BCUT2D eigenvalue weighted by Gasteiger charge is -2.17. The molecule has 21 heavy (non-hydrogen) atoms. The van der Waals surface area contributed by atoms with Gasteiger partial charge in [0.25, 0.3) is 0 Å². The number of fused-ring (bicyclic) bond motifs is 1. The molecule has 1 amide bonds. The second-order valence-corrected chi connectivity index (χ2v) is 5.44. The van der Waals surface area contributed by atoms with Crippen LogP contribution < -0.4 is 15.8 Å². The molecule has 108 valence electrons. The Morgan fingerprint density at radius 3 is 2.86 bits per heavy atom. The van der Waals surface area contributed by atoms with Gasteiger partial charge in [0.2, 0.25) is 5.91 Å². The van der Waals surface area contributed by atoms with E-state index in [1.807, 2.05) is 24.3 Å². The van der Waals surface area contributed by atoms with E-state index in [1.165, 1.54) is 0 Å². The number of anilines is 1. The van der Waals surface area contributed by atoms with Crippen molar-refractivity contribution in [2.75, 3.05) is 12.4 Å². The molecular weight excluding hydrogens is 288 g/mol. The van der Waals surface area contributed by atoms with Gasteiger partial charge in [-0.3, -0.25) is 4.79 Å². The lowest BCUT2D eigenvalue weighted by Crippen LogP contribution is -2.13. The molecule has 4 nitrogen and oxygen atoms in total. The summed E-state index contributed by atoms with van der Waals surface area (Å²) in [5.74, 6) is 0.671. The Kier molecular flexibility index (Phi) is 3.57. The highest BCUT2D eigenvalue weighted by atomic mass is 35.5. The lowest BCUT2D eigenvalue weighted by molar-refractivity contribution is -0.115. The van der Waals surface area contributed by atoms with Crippen LogP contribution in [-0.4, -0.2) is 13.0 Å². The van der Waals surface area contributed by atoms with Gasteiger partial charge in [0.15, 0.2) is 0 Å². The summed E-state index contributed by atoms with van der Waals surface area (Å²) in [7, 11) is 1.59. The van der Waals surface area contributed by atoms with E-state index in [0.717, 1.165) is 22.4 Å². The number of amides is 1. The molecule has 1 aliphatic heterocycles. The van der Waals surface area contributed by atoms with Crippen molar-refractivity contribution < 1.29 is 9.53 Å². The number of methoxy groups -OCH3 is 1. The zero-order chi connectivity index (χ0) is 15.0. The van der Waals surface area contributed by atoms with Crippen LogP contribution in [0.5, 0.6) is 5.75 Å². The van der Waals surface area contributed by atoms with Crippen LogP contribution in [0.2, 0.25) is 5.02 Å². The van der Waals surface area contributed by atoms with Crippen molar-refractivity contribution in [3.8, 4) is 5.75 Å². The number of ether oxygens (including phenoxy) is 1. The van der Waals surface area contributed by atoms with Crippen molar-refractivity contribution in [2.45, 2.75) is 12.5 Å². The monoisotopic (exact) mass is 302 g/mol. The molecule has 3 rings (SSSR count). The summed E-state index contributed by atoms with van der Waals surface area (Å²) in [4.78, 5) is 11.4. The lowest BCUT2D eigenvalue weighted by atomic mass is 9.96. The van der Waals surface area contributed by atoms with Crippen LogP contribution in [0.4, 0.5) is 5.69 Å². The first-order chi connectivity index (χ1) is 10.1. The Morgan fingerprint density at radius 1 is 1.29 bits per heavy atom. The maximum absolute atomic E-state index is 11.4. The molecule has 1 atom stereocenters. The van der Waals surface area contributed by atoms with Gasteiger partial charge < -0.3 is 15.8 Å².